The minimum Gasteiger partial charge on any atom is -0.497 e. The second kappa shape index (κ2) is 7.60. The molecule has 0 amide bonds. The molecule has 2 heterocycles. The number of nitrogens with one attached hydrogen (secondary N) is 2. The number of nitrogens with zero attached hydrogens (tertiary/aromatic N) is 3. The van der Waals surface area contributed by atoms with Gasteiger partial charge in [0.2, 0.25) is 0 Å². The van der Waals surface area contributed by atoms with Crippen molar-refractivity contribution in [2.75, 3.05) is 13.7 Å². The van der Waals surface area contributed by atoms with Gasteiger partial charge in [-0.3, -0.25) is 9.78 Å². The van der Waals surface area contributed by atoms with Gasteiger partial charge in [0.05, 0.1) is 19.0 Å². The lowest BCUT2D eigenvalue weighted by atomic mass is 10.1. The molecule has 6 nitrogen and oxygen atoms in total. The van der Waals surface area contributed by atoms with E-state index in [2.05, 4.69) is 20.6 Å². The number of aromatic amines is 1. The molecule has 0 aliphatic rings. The first-order valence-electron chi connectivity index (χ1n) is 7.71. The Hall–Kier alpha value is -2.60. The predicted molar refractivity (Wildman–Crippen MR) is 89.1 cm³/mol. The molecule has 0 bridgehead atoms. The van der Waals surface area contributed by atoms with Crippen LogP contribution in [-0.2, 0) is 13.1 Å². The van der Waals surface area contributed by atoms with Gasteiger partial charge in [0, 0.05) is 36.6 Å². The Morgan fingerprint density at radius 1 is 1.26 bits per heavy atom. The van der Waals surface area contributed by atoms with Crippen molar-refractivity contribution in [2.45, 2.75) is 19.5 Å². The number of methoxy groups -OCH3 is 1. The van der Waals surface area contributed by atoms with Crippen LogP contribution in [0.3, 0.4) is 0 Å². The van der Waals surface area contributed by atoms with Gasteiger partial charge in [-0.05, 0) is 43.3 Å². The van der Waals surface area contributed by atoms with Gasteiger partial charge in [-0.1, -0.05) is 0 Å². The van der Waals surface area contributed by atoms with Gasteiger partial charge in [0.15, 0.2) is 0 Å². The van der Waals surface area contributed by atoms with Crippen LogP contribution >= 0.6 is 0 Å². The normalized spacial score (nSPS) is 10.8. The van der Waals surface area contributed by atoms with Crippen molar-refractivity contribution in [3.8, 4) is 17.0 Å². The maximum absolute atomic E-state index is 5.19. The summed E-state index contributed by atoms with van der Waals surface area (Å²) in [5, 5.41) is 14.9. The average Bonchev–Trinajstić information content (AvgIpc) is 3.26. The molecular formula is C17H21N5O. The number of benzene rings is 1. The lowest BCUT2D eigenvalue weighted by Gasteiger charge is -2.07. The third kappa shape index (κ3) is 3.98. The monoisotopic (exact) mass is 311 g/mol. The predicted octanol–water partition coefficient (Wildman–Crippen LogP) is 2.46. The molecule has 23 heavy (non-hydrogen) atoms. The zero-order valence-corrected chi connectivity index (χ0v) is 13.2. The standard InChI is InChI=1S/C17H21N5O/c1-23-16-6-4-14(5-7-16)17-15(13-19-21-17)12-18-8-2-10-22-11-3-9-20-22/h3-7,9,11,13,18H,2,8,10,12H2,1H3,(H,19,21). The molecule has 0 atom stereocenters. The van der Waals surface area contributed by atoms with E-state index < -0.39 is 0 Å². The molecule has 3 aromatic rings. The molecule has 3 rings (SSSR count). The lowest BCUT2D eigenvalue weighted by molar-refractivity contribution is 0.415. The summed E-state index contributed by atoms with van der Waals surface area (Å²) in [4.78, 5) is 0. The number of aromatic nitrogens is 4. The van der Waals surface area contributed by atoms with Crippen molar-refractivity contribution in [1.29, 1.82) is 0 Å². The maximum atomic E-state index is 5.19. The Balaban J connectivity index is 1.51. The van der Waals surface area contributed by atoms with Gasteiger partial charge in [-0.15, -0.1) is 0 Å². The molecule has 0 saturated heterocycles. The van der Waals surface area contributed by atoms with Crippen LogP contribution in [0.25, 0.3) is 11.3 Å². The molecule has 0 unspecified atom stereocenters. The minimum atomic E-state index is 0.789. The van der Waals surface area contributed by atoms with E-state index >= 15 is 0 Å². The summed E-state index contributed by atoms with van der Waals surface area (Å²) in [5.74, 6) is 0.853. The van der Waals surface area contributed by atoms with Crippen LogP contribution in [-0.4, -0.2) is 33.6 Å². The zero-order valence-electron chi connectivity index (χ0n) is 13.2. The fourth-order valence-electron chi connectivity index (χ4n) is 2.47. The van der Waals surface area contributed by atoms with Crippen LogP contribution in [0.4, 0.5) is 0 Å². The molecule has 0 radical (unpaired) electrons. The molecule has 0 spiro atoms. The number of H-pyrrole nitrogens is 1. The van der Waals surface area contributed by atoms with E-state index in [4.69, 9.17) is 4.74 Å². The summed E-state index contributed by atoms with van der Waals surface area (Å²) in [6.07, 6.45) is 6.70. The van der Waals surface area contributed by atoms with E-state index in [0.717, 1.165) is 48.6 Å². The van der Waals surface area contributed by atoms with E-state index in [1.807, 2.05) is 47.4 Å². The molecule has 1 aromatic carbocycles. The molecule has 0 fully saturated rings. The number of aryl methyl sites for hydroxylation is 1. The highest BCUT2D eigenvalue weighted by atomic mass is 16.5. The topological polar surface area (TPSA) is 67.8 Å². The van der Waals surface area contributed by atoms with Crippen molar-refractivity contribution in [3.63, 3.8) is 0 Å². The zero-order chi connectivity index (χ0) is 15.9. The highest BCUT2D eigenvalue weighted by Crippen LogP contribution is 2.23. The van der Waals surface area contributed by atoms with Gasteiger partial charge in [-0.2, -0.15) is 10.2 Å². The van der Waals surface area contributed by atoms with Crippen LogP contribution in [0.15, 0.2) is 48.9 Å². The van der Waals surface area contributed by atoms with Crippen LogP contribution < -0.4 is 10.1 Å². The Labute approximate surface area is 135 Å². The summed E-state index contributed by atoms with van der Waals surface area (Å²) < 4.78 is 7.14. The van der Waals surface area contributed by atoms with E-state index in [9.17, 15) is 0 Å². The number of hydrogen-bond donors (Lipinski definition) is 2. The minimum absolute atomic E-state index is 0.789. The third-order valence-electron chi connectivity index (χ3n) is 3.71. The van der Waals surface area contributed by atoms with Gasteiger partial charge in [0.1, 0.15) is 5.75 Å². The fourth-order valence-corrected chi connectivity index (χ4v) is 2.47. The van der Waals surface area contributed by atoms with Gasteiger partial charge in [-0.25, -0.2) is 0 Å². The van der Waals surface area contributed by atoms with Crippen molar-refractivity contribution in [2.24, 2.45) is 0 Å². The van der Waals surface area contributed by atoms with Crippen molar-refractivity contribution in [3.05, 3.63) is 54.5 Å². The summed E-state index contributed by atoms with van der Waals surface area (Å²) >= 11 is 0. The molecule has 6 heteroatoms. The quantitative estimate of drug-likeness (QED) is 0.627. The van der Waals surface area contributed by atoms with E-state index in [-0.39, 0.29) is 0 Å². The van der Waals surface area contributed by atoms with E-state index in [1.165, 1.54) is 0 Å². The molecule has 2 N–H and O–H groups in total. The second-order valence-corrected chi connectivity index (χ2v) is 5.30. The van der Waals surface area contributed by atoms with Crippen molar-refractivity contribution in [1.82, 2.24) is 25.3 Å². The molecule has 0 saturated carbocycles. The van der Waals surface area contributed by atoms with Gasteiger partial charge >= 0.3 is 0 Å². The SMILES string of the molecule is COc1ccc(-c2[nH]ncc2CNCCCn2cccn2)cc1. The molecular weight excluding hydrogens is 290 g/mol. The van der Waals surface area contributed by atoms with Crippen LogP contribution in [0.2, 0.25) is 0 Å². The summed E-state index contributed by atoms with van der Waals surface area (Å²) in [7, 11) is 1.67. The first-order valence-corrected chi connectivity index (χ1v) is 7.71. The van der Waals surface area contributed by atoms with Gasteiger partial charge in [0.25, 0.3) is 0 Å². The highest BCUT2D eigenvalue weighted by Gasteiger charge is 2.07. The summed E-state index contributed by atoms with van der Waals surface area (Å²) in [5.41, 5.74) is 3.32. The molecule has 0 aliphatic heterocycles. The number of hydrogen-bond acceptors (Lipinski definition) is 4. The number of ether oxygens (including phenoxy) is 1. The lowest BCUT2D eigenvalue weighted by Crippen LogP contribution is -2.16. The van der Waals surface area contributed by atoms with Gasteiger partial charge < -0.3 is 10.1 Å². The fraction of sp³-hybridized carbons (Fsp3) is 0.294. The largest absolute Gasteiger partial charge is 0.497 e. The summed E-state index contributed by atoms with van der Waals surface area (Å²) in [6.45, 7) is 2.65. The second-order valence-electron chi connectivity index (χ2n) is 5.30. The first kappa shape index (κ1) is 15.3. The first-order chi connectivity index (χ1) is 11.4. The van der Waals surface area contributed by atoms with Crippen molar-refractivity contribution >= 4 is 0 Å². The van der Waals surface area contributed by atoms with Crippen LogP contribution in [0.1, 0.15) is 12.0 Å². The highest BCUT2D eigenvalue weighted by molar-refractivity contribution is 5.63. The van der Waals surface area contributed by atoms with Crippen LogP contribution in [0, 0.1) is 0 Å². The van der Waals surface area contributed by atoms with E-state index in [0.29, 0.717) is 0 Å². The summed E-state index contributed by atoms with van der Waals surface area (Å²) in [6, 6.07) is 9.93. The molecule has 120 valence electrons. The average molecular weight is 311 g/mol. The Bertz CT molecular complexity index is 703. The molecule has 2 aromatic heterocycles. The maximum Gasteiger partial charge on any atom is 0.118 e. The van der Waals surface area contributed by atoms with Crippen molar-refractivity contribution < 1.29 is 4.74 Å². The number of rotatable bonds is 8. The molecule has 0 aliphatic carbocycles. The third-order valence-corrected chi connectivity index (χ3v) is 3.71. The Kier molecular flexibility index (Phi) is 5.06. The van der Waals surface area contributed by atoms with E-state index in [1.54, 1.807) is 13.3 Å². The smallest absolute Gasteiger partial charge is 0.118 e. The Morgan fingerprint density at radius 3 is 2.87 bits per heavy atom. The van der Waals surface area contributed by atoms with Crippen LogP contribution in [0.5, 0.6) is 5.75 Å². The Morgan fingerprint density at radius 2 is 2.13 bits per heavy atom.